The molecule has 22 heavy (non-hydrogen) atoms. The normalized spacial score (nSPS) is 12.0. The van der Waals surface area contributed by atoms with Crippen LogP contribution in [-0.4, -0.2) is 47.0 Å². The second-order valence-corrected chi connectivity index (χ2v) is 5.64. The molecule has 126 valence electrons. The summed E-state index contributed by atoms with van der Waals surface area (Å²) in [7, 11) is 1.96. The van der Waals surface area contributed by atoms with E-state index >= 15 is 0 Å². The van der Waals surface area contributed by atoms with Crippen molar-refractivity contribution in [2.24, 2.45) is 18.0 Å². The molecule has 0 saturated heterocycles. The number of nitrogens with zero attached hydrogens (tertiary/aromatic N) is 4. The molecule has 0 fully saturated rings. The van der Waals surface area contributed by atoms with Gasteiger partial charge in [0.2, 0.25) is 0 Å². The molecule has 1 aromatic rings. The quantitative estimate of drug-likeness (QED) is 0.408. The van der Waals surface area contributed by atoms with Crippen molar-refractivity contribution < 1.29 is 4.74 Å². The number of hydrogen-bond acceptors (Lipinski definition) is 4. The fourth-order valence-electron chi connectivity index (χ4n) is 1.74. The molecule has 7 heteroatoms. The summed E-state index contributed by atoms with van der Waals surface area (Å²) in [4.78, 5) is 4.59. The van der Waals surface area contributed by atoms with Crippen molar-refractivity contribution in [3.05, 3.63) is 11.6 Å². The van der Waals surface area contributed by atoms with Crippen molar-refractivity contribution in [1.29, 1.82) is 0 Å². The second-order valence-electron chi connectivity index (χ2n) is 5.64. The first-order valence-electron chi connectivity index (χ1n) is 7.99. The number of hydrogen-bond donors (Lipinski definition) is 2. The lowest BCUT2D eigenvalue weighted by Gasteiger charge is -2.14. The van der Waals surface area contributed by atoms with E-state index < -0.39 is 0 Å². The van der Waals surface area contributed by atoms with Crippen LogP contribution < -0.4 is 10.6 Å². The predicted molar refractivity (Wildman–Crippen MR) is 88.8 cm³/mol. The Morgan fingerprint density at radius 2 is 2.09 bits per heavy atom. The summed E-state index contributed by atoms with van der Waals surface area (Å²) in [6, 6.07) is 0. The maximum atomic E-state index is 5.34. The third-order valence-electron chi connectivity index (χ3n) is 3.20. The summed E-state index contributed by atoms with van der Waals surface area (Å²) in [5, 5.41) is 14.9. The van der Waals surface area contributed by atoms with Crippen LogP contribution in [0.1, 0.15) is 38.8 Å². The SMILES string of the molecule is CCOCCCNC(=NCc1nnc(C)n1C)NCC(C)C. The molecule has 1 heterocycles. The van der Waals surface area contributed by atoms with Crippen LogP contribution in [0.15, 0.2) is 4.99 Å². The summed E-state index contributed by atoms with van der Waals surface area (Å²) in [6.45, 7) is 12.0. The summed E-state index contributed by atoms with van der Waals surface area (Å²) in [6.07, 6.45) is 0.958. The average Bonchev–Trinajstić information content (AvgIpc) is 2.80. The van der Waals surface area contributed by atoms with Crippen LogP contribution >= 0.6 is 0 Å². The Kier molecular flexibility index (Phi) is 8.50. The topological polar surface area (TPSA) is 76.4 Å². The van der Waals surface area contributed by atoms with E-state index in [0.717, 1.165) is 50.3 Å². The van der Waals surface area contributed by atoms with Crippen molar-refractivity contribution in [3.8, 4) is 0 Å². The standard InChI is InChI=1S/C15H30N6O/c1-6-22-9-7-8-16-15(17-10-12(2)3)18-11-14-20-19-13(4)21(14)5/h12H,6-11H2,1-5H3,(H2,16,17,18). The second kappa shape index (κ2) is 10.2. The number of guanidine groups is 1. The Morgan fingerprint density at radius 3 is 2.68 bits per heavy atom. The molecule has 0 aliphatic carbocycles. The van der Waals surface area contributed by atoms with Crippen LogP contribution in [0.25, 0.3) is 0 Å². The number of aryl methyl sites for hydroxylation is 1. The van der Waals surface area contributed by atoms with Crippen molar-refractivity contribution >= 4 is 5.96 Å². The van der Waals surface area contributed by atoms with E-state index in [1.807, 2.05) is 25.5 Å². The van der Waals surface area contributed by atoms with Crippen LogP contribution in [0.3, 0.4) is 0 Å². The van der Waals surface area contributed by atoms with Gasteiger partial charge in [0.25, 0.3) is 0 Å². The van der Waals surface area contributed by atoms with E-state index in [1.165, 1.54) is 0 Å². The van der Waals surface area contributed by atoms with Crippen LogP contribution in [0.5, 0.6) is 0 Å². The summed E-state index contributed by atoms with van der Waals surface area (Å²) in [5.41, 5.74) is 0. The van der Waals surface area contributed by atoms with Gasteiger partial charge < -0.3 is 19.9 Å². The highest BCUT2D eigenvalue weighted by Gasteiger charge is 2.05. The molecule has 0 aliphatic rings. The molecule has 1 aromatic heterocycles. The first-order chi connectivity index (χ1) is 10.5. The number of aliphatic imine (C=N–C) groups is 1. The highest BCUT2D eigenvalue weighted by atomic mass is 16.5. The van der Waals surface area contributed by atoms with Gasteiger partial charge >= 0.3 is 0 Å². The minimum Gasteiger partial charge on any atom is -0.382 e. The van der Waals surface area contributed by atoms with E-state index in [1.54, 1.807) is 0 Å². The molecule has 2 N–H and O–H groups in total. The lowest BCUT2D eigenvalue weighted by atomic mass is 10.2. The molecule has 0 aliphatic heterocycles. The monoisotopic (exact) mass is 310 g/mol. The molecule has 0 spiro atoms. The summed E-state index contributed by atoms with van der Waals surface area (Å²) >= 11 is 0. The van der Waals surface area contributed by atoms with E-state index in [-0.39, 0.29) is 0 Å². The van der Waals surface area contributed by atoms with Gasteiger partial charge in [0, 0.05) is 33.4 Å². The molecular formula is C15H30N6O. The maximum absolute atomic E-state index is 5.34. The van der Waals surface area contributed by atoms with Crippen molar-refractivity contribution in [3.63, 3.8) is 0 Å². The van der Waals surface area contributed by atoms with E-state index in [0.29, 0.717) is 12.5 Å². The lowest BCUT2D eigenvalue weighted by molar-refractivity contribution is 0.145. The van der Waals surface area contributed by atoms with Gasteiger partial charge in [-0.3, -0.25) is 0 Å². The largest absolute Gasteiger partial charge is 0.382 e. The zero-order valence-corrected chi connectivity index (χ0v) is 14.5. The minimum absolute atomic E-state index is 0.510. The third-order valence-corrected chi connectivity index (χ3v) is 3.20. The number of aromatic nitrogens is 3. The highest BCUT2D eigenvalue weighted by molar-refractivity contribution is 5.79. The van der Waals surface area contributed by atoms with E-state index in [4.69, 9.17) is 4.74 Å². The van der Waals surface area contributed by atoms with Crippen molar-refractivity contribution in [2.75, 3.05) is 26.3 Å². The summed E-state index contributed by atoms with van der Waals surface area (Å²) < 4.78 is 7.30. The molecule has 0 saturated carbocycles. The fraction of sp³-hybridized carbons (Fsp3) is 0.800. The third kappa shape index (κ3) is 6.89. The Balaban J connectivity index is 2.52. The van der Waals surface area contributed by atoms with Gasteiger partial charge in [0.15, 0.2) is 11.8 Å². The van der Waals surface area contributed by atoms with Gasteiger partial charge in [-0.2, -0.15) is 0 Å². The molecule has 0 radical (unpaired) electrons. The van der Waals surface area contributed by atoms with Gasteiger partial charge in [-0.05, 0) is 26.2 Å². The number of nitrogens with one attached hydrogen (secondary N) is 2. The predicted octanol–water partition coefficient (Wildman–Crippen LogP) is 1.24. The van der Waals surface area contributed by atoms with Gasteiger partial charge in [0.05, 0.1) is 0 Å². The van der Waals surface area contributed by atoms with E-state index in [9.17, 15) is 0 Å². The Morgan fingerprint density at radius 1 is 1.32 bits per heavy atom. The van der Waals surface area contributed by atoms with Crippen molar-refractivity contribution in [1.82, 2.24) is 25.4 Å². The summed E-state index contributed by atoms with van der Waals surface area (Å²) in [5.74, 6) is 3.13. The molecule has 1 rings (SSSR count). The lowest BCUT2D eigenvalue weighted by Crippen LogP contribution is -2.40. The van der Waals surface area contributed by atoms with Gasteiger partial charge in [-0.15, -0.1) is 10.2 Å². The van der Waals surface area contributed by atoms with Crippen LogP contribution in [0.4, 0.5) is 0 Å². The maximum Gasteiger partial charge on any atom is 0.191 e. The average molecular weight is 310 g/mol. The number of rotatable bonds is 9. The molecular weight excluding hydrogens is 280 g/mol. The first-order valence-corrected chi connectivity index (χ1v) is 7.99. The van der Waals surface area contributed by atoms with Crippen LogP contribution in [-0.2, 0) is 18.3 Å². The Hall–Kier alpha value is -1.63. The zero-order valence-electron chi connectivity index (χ0n) is 14.5. The molecule has 7 nitrogen and oxygen atoms in total. The smallest absolute Gasteiger partial charge is 0.191 e. The molecule has 0 amide bonds. The first kappa shape index (κ1) is 18.4. The van der Waals surface area contributed by atoms with Crippen LogP contribution in [0.2, 0.25) is 0 Å². The molecule has 0 aromatic carbocycles. The Bertz CT molecular complexity index is 455. The fourth-order valence-corrected chi connectivity index (χ4v) is 1.74. The highest BCUT2D eigenvalue weighted by Crippen LogP contribution is 1.99. The molecule has 0 bridgehead atoms. The molecule has 0 unspecified atom stereocenters. The van der Waals surface area contributed by atoms with Crippen LogP contribution in [0, 0.1) is 12.8 Å². The Labute approximate surface area is 133 Å². The molecule has 0 atom stereocenters. The van der Waals surface area contributed by atoms with Gasteiger partial charge in [-0.1, -0.05) is 13.8 Å². The van der Waals surface area contributed by atoms with Crippen molar-refractivity contribution in [2.45, 2.75) is 40.7 Å². The zero-order chi connectivity index (χ0) is 16.4. The van der Waals surface area contributed by atoms with E-state index in [2.05, 4.69) is 39.7 Å². The number of ether oxygens (including phenoxy) is 1. The van der Waals surface area contributed by atoms with Gasteiger partial charge in [0.1, 0.15) is 12.4 Å². The van der Waals surface area contributed by atoms with Gasteiger partial charge in [-0.25, -0.2) is 4.99 Å². The minimum atomic E-state index is 0.510.